The Kier molecular flexibility index (Phi) is 4.32. The zero-order chi connectivity index (χ0) is 15.5. The molecule has 0 saturated carbocycles. The van der Waals surface area contributed by atoms with Gasteiger partial charge in [-0.15, -0.1) is 11.8 Å². The second kappa shape index (κ2) is 6.39. The summed E-state index contributed by atoms with van der Waals surface area (Å²) >= 11 is 1.56. The number of fused-ring (bicyclic) bond motifs is 1. The van der Waals surface area contributed by atoms with E-state index in [-0.39, 0.29) is 6.09 Å². The van der Waals surface area contributed by atoms with Crippen molar-refractivity contribution in [3.8, 4) is 0 Å². The van der Waals surface area contributed by atoms with Gasteiger partial charge in [0.15, 0.2) is 5.65 Å². The molecule has 2 aromatic rings. The predicted molar refractivity (Wildman–Crippen MR) is 84.3 cm³/mol. The third-order valence-electron chi connectivity index (χ3n) is 3.60. The van der Waals surface area contributed by atoms with E-state index in [0.29, 0.717) is 32.8 Å². The fourth-order valence-electron chi connectivity index (χ4n) is 2.52. The number of amides is 1. The zero-order valence-corrected chi connectivity index (χ0v) is 13.4. The highest BCUT2D eigenvalue weighted by Crippen LogP contribution is 2.30. The molecular weight excluding hydrogens is 304 g/mol. The Morgan fingerprint density at radius 2 is 2.14 bits per heavy atom. The third-order valence-corrected chi connectivity index (χ3v) is 4.29. The van der Waals surface area contributed by atoms with E-state index in [9.17, 15) is 4.79 Å². The second-order valence-corrected chi connectivity index (χ2v) is 5.62. The van der Waals surface area contributed by atoms with Crippen molar-refractivity contribution >= 4 is 34.7 Å². The van der Waals surface area contributed by atoms with Crippen LogP contribution in [0.15, 0.2) is 11.4 Å². The van der Waals surface area contributed by atoms with Crippen LogP contribution in [0.4, 0.5) is 10.6 Å². The Morgan fingerprint density at radius 1 is 1.36 bits per heavy atom. The molecule has 0 unspecified atom stereocenters. The maximum atomic E-state index is 11.8. The van der Waals surface area contributed by atoms with Crippen molar-refractivity contribution in [2.45, 2.75) is 11.9 Å². The van der Waals surface area contributed by atoms with Gasteiger partial charge in [-0.3, -0.25) is 5.10 Å². The first-order valence-corrected chi connectivity index (χ1v) is 8.36. The highest BCUT2D eigenvalue weighted by atomic mass is 32.2. The molecular formula is C13H18N6O2S. The molecule has 1 amide bonds. The molecule has 0 spiro atoms. The molecule has 1 saturated heterocycles. The lowest BCUT2D eigenvalue weighted by atomic mass is 10.3. The summed E-state index contributed by atoms with van der Waals surface area (Å²) in [5, 5.41) is 9.02. The van der Waals surface area contributed by atoms with Crippen molar-refractivity contribution < 1.29 is 9.53 Å². The van der Waals surface area contributed by atoms with Gasteiger partial charge in [0.1, 0.15) is 17.2 Å². The lowest BCUT2D eigenvalue weighted by Gasteiger charge is -2.34. The number of aromatic amines is 1. The number of aromatic nitrogens is 4. The highest BCUT2D eigenvalue weighted by Gasteiger charge is 2.25. The summed E-state index contributed by atoms with van der Waals surface area (Å²) in [5.41, 5.74) is 0.738. The van der Waals surface area contributed by atoms with E-state index in [1.807, 2.05) is 13.2 Å². The lowest BCUT2D eigenvalue weighted by molar-refractivity contribution is 0.105. The standard InChI is InChI=1S/C13H18N6O2S/c1-3-21-13(20)19-6-4-18(5-7-19)11-9-10(14-8-15-11)16-17-12(9)22-2/h8H,3-7H2,1-2H3,(H,14,15,16,17). The van der Waals surface area contributed by atoms with Crippen molar-refractivity contribution in [1.29, 1.82) is 0 Å². The monoisotopic (exact) mass is 322 g/mol. The maximum absolute atomic E-state index is 11.8. The quantitative estimate of drug-likeness (QED) is 0.854. The number of carbonyl (C=O) groups is 1. The van der Waals surface area contributed by atoms with Crippen molar-refractivity contribution in [1.82, 2.24) is 25.1 Å². The van der Waals surface area contributed by atoms with E-state index in [4.69, 9.17) is 4.74 Å². The van der Waals surface area contributed by atoms with E-state index in [0.717, 1.165) is 21.9 Å². The smallest absolute Gasteiger partial charge is 0.409 e. The number of nitrogens with one attached hydrogen (secondary N) is 1. The Morgan fingerprint density at radius 3 is 2.82 bits per heavy atom. The minimum atomic E-state index is -0.247. The van der Waals surface area contributed by atoms with Crippen LogP contribution in [0, 0.1) is 0 Å². The molecule has 8 nitrogen and oxygen atoms in total. The Bertz CT molecular complexity index is 668. The van der Waals surface area contributed by atoms with Crippen LogP contribution < -0.4 is 4.90 Å². The number of anilines is 1. The van der Waals surface area contributed by atoms with Crippen LogP contribution in [0.1, 0.15) is 6.92 Å². The third kappa shape index (κ3) is 2.68. The molecule has 3 heterocycles. The van der Waals surface area contributed by atoms with Gasteiger partial charge in [-0.25, -0.2) is 14.8 Å². The zero-order valence-electron chi connectivity index (χ0n) is 12.6. The van der Waals surface area contributed by atoms with Gasteiger partial charge in [-0.1, -0.05) is 0 Å². The summed E-state index contributed by atoms with van der Waals surface area (Å²) in [6.07, 6.45) is 3.27. The number of ether oxygens (including phenoxy) is 1. The summed E-state index contributed by atoms with van der Waals surface area (Å²) in [5.74, 6) is 0.867. The van der Waals surface area contributed by atoms with Crippen molar-refractivity contribution in [2.75, 3.05) is 43.9 Å². The van der Waals surface area contributed by atoms with Crippen LogP contribution in [-0.4, -0.2) is 70.2 Å². The Balaban J connectivity index is 1.79. The number of thioether (sulfide) groups is 1. The molecule has 1 fully saturated rings. The largest absolute Gasteiger partial charge is 0.450 e. The second-order valence-electron chi connectivity index (χ2n) is 4.83. The number of nitrogens with zero attached hydrogens (tertiary/aromatic N) is 5. The van der Waals surface area contributed by atoms with Crippen LogP contribution in [0.25, 0.3) is 11.0 Å². The van der Waals surface area contributed by atoms with Crippen molar-refractivity contribution in [2.24, 2.45) is 0 Å². The van der Waals surface area contributed by atoms with Crippen LogP contribution in [0.2, 0.25) is 0 Å². The SMILES string of the molecule is CCOC(=O)N1CCN(c2ncnc3[nH]nc(SC)c23)CC1. The van der Waals surface area contributed by atoms with Crippen molar-refractivity contribution in [3.63, 3.8) is 0 Å². The first kappa shape index (κ1) is 14.9. The normalized spacial score (nSPS) is 15.4. The summed E-state index contributed by atoms with van der Waals surface area (Å²) in [7, 11) is 0. The van der Waals surface area contributed by atoms with Gasteiger partial charge in [0.2, 0.25) is 0 Å². The number of piperazine rings is 1. The lowest BCUT2D eigenvalue weighted by Crippen LogP contribution is -2.49. The summed E-state index contributed by atoms with van der Waals surface area (Å²) in [6.45, 7) is 4.88. The Hall–Kier alpha value is -2.03. The van der Waals surface area contributed by atoms with Gasteiger partial charge in [-0.05, 0) is 13.2 Å². The minimum absolute atomic E-state index is 0.247. The van der Waals surface area contributed by atoms with Gasteiger partial charge in [0.05, 0.1) is 12.0 Å². The molecule has 1 aliphatic rings. The molecule has 0 aromatic carbocycles. The molecule has 3 rings (SSSR count). The molecule has 0 bridgehead atoms. The van der Waals surface area contributed by atoms with Gasteiger partial charge >= 0.3 is 6.09 Å². The summed E-state index contributed by atoms with van der Waals surface area (Å²) in [6, 6.07) is 0. The maximum Gasteiger partial charge on any atom is 0.409 e. The predicted octanol–water partition coefficient (Wildman–Crippen LogP) is 1.35. The van der Waals surface area contributed by atoms with E-state index in [2.05, 4.69) is 25.1 Å². The molecule has 0 aliphatic carbocycles. The Labute approximate surface area is 132 Å². The number of carbonyl (C=O) groups excluding carboxylic acids is 1. The fraction of sp³-hybridized carbons (Fsp3) is 0.538. The van der Waals surface area contributed by atoms with Crippen molar-refractivity contribution in [3.05, 3.63) is 6.33 Å². The highest BCUT2D eigenvalue weighted by molar-refractivity contribution is 7.98. The molecule has 1 N–H and O–H groups in total. The number of hydrogen-bond acceptors (Lipinski definition) is 7. The molecule has 2 aromatic heterocycles. The van der Waals surface area contributed by atoms with E-state index in [1.54, 1.807) is 16.7 Å². The first-order valence-electron chi connectivity index (χ1n) is 7.14. The van der Waals surface area contributed by atoms with Crippen LogP contribution in [0.5, 0.6) is 0 Å². The number of rotatable bonds is 3. The molecule has 118 valence electrons. The first-order chi connectivity index (χ1) is 10.7. The topological polar surface area (TPSA) is 87.2 Å². The van der Waals surface area contributed by atoms with E-state index in [1.165, 1.54) is 6.33 Å². The molecule has 22 heavy (non-hydrogen) atoms. The average Bonchev–Trinajstić information content (AvgIpc) is 2.98. The van der Waals surface area contributed by atoms with Gasteiger partial charge in [0.25, 0.3) is 0 Å². The summed E-state index contributed by atoms with van der Waals surface area (Å²) < 4.78 is 5.04. The molecule has 0 atom stereocenters. The average molecular weight is 322 g/mol. The molecule has 1 aliphatic heterocycles. The van der Waals surface area contributed by atoms with Gasteiger partial charge in [-0.2, -0.15) is 5.10 Å². The van der Waals surface area contributed by atoms with E-state index < -0.39 is 0 Å². The fourth-order valence-corrected chi connectivity index (χ4v) is 3.05. The van der Waals surface area contributed by atoms with Gasteiger partial charge < -0.3 is 14.5 Å². The molecule has 0 radical (unpaired) electrons. The van der Waals surface area contributed by atoms with Crippen LogP contribution in [-0.2, 0) is 4.74 Å². The number of H-pyrrole nitrogens is 1. The van der Waals surface area contributed by atoms with Gasteiger partial charge in [0, 0.05) is 26.2 Å². The van der Waals surface area contributed by atoms with E-state index >= 15 is 0 Å². The summed E-state index contributed by atoms with van der Waals surface area (Å²) in [4.78, 5) is 24.3. The molecule has 9 heteroatoms. The van der Waals surface area contributed by atoms with Crippen LogP contribution in [0.3, 0.4) is 0 Å². The van der Waals surface area contributed by atoms with Crippen LogP contribution >= 0.6 is 11.8 Å². The number of hydrogen-bond donors (Lipinski definition) is 1. The minimum Gasteiger partial charge on any atom is -0.450 e.